The van der Waals surface area contributed by atoms with E-state index in [1.165, 1.54) is 0 Å². The molecule has 0 bridgehead atoms. The second-order valence-corrected chi connectivity index (χ2v) is 4.38. The Morgan fingerprint density at radius 2 is 2.18 bits per heavy atom. The fraction of sp³-hybridized carbons (Fsp3) is 0.462. The van der Waals surface area contributed by atoms with Gasteiger partial charge in [0.05, 0.1) is 7.11 Å². The zero-order valence-electron chi connectivity index (χ0n) is 10.7. The van der Waals surface area contributed by atoms with Crippen molar-refractivity contribution >= 4 is 11.1 Å². The van der Waals surface area contributed by atoms with E-state index in [1.807, 2.05) is 19.2 Å². The van der Waals surface area contributed by atoms with Crippen LogP contribution in [0.3, 0.4) is 0 Å². The Kier molecular flexibility index (Phi) is 3.33. The first-order valence-corrected chi connectivity index (χ1v) is 5.77. The highest BCUT2D eigenvalue weighted by Gasteiger charge is 2.14. The number of nitrogens with one attached hydrogen (secondary N) is 1. The maximum Gasteiger partial charge on any atom is 0.198 e. The van der Waals surface area contributed by atoms with Crippen molar-refractivity contribution in [3.63, 3.8) is 0 Å². The van der Waals surface area contributed by atoms with Crippen LogP contribution in [-0.2, 0) is 6.54 Å². The van der Waals surface area contributed by atoms with Crippen LogP contribution in [0.1, 0.15) is 31.2 Å². The van der Waals surface area contributed by atoms with Crippen LogP contribution < -0.4 is 10.1 Å². The van der Waals surface area contributed by atoms with Gasteiger partial charge in [-0.15, -0.1) is 0 Å². The summed E-state index contributed by atoms with van der Waals surface area (Å²) in [5.74, 6) is 1.77. The Morgan fingerprint density at radius 1 is 1.41 bits per heavy atom. The lowest BCUT2D eigenvalue weighted by atomic mass is 10.2. The largest absolute Gasteiger partial charge is 0.493 e. The van der Waals surface area contributed by atoms with E-state index in [4.69, 9.17) is 9.15 Å². The summed E-state index contributed by atoms with van der Waals surface area (Å²) >= 11 is 0. The molecule has 2 rings (SSSR count). The minimum absolute atomic E-state index is 0.278. The van der Waals surface area contributed by atoms with E-state index in [9.17, 15) is 0 Å². The van der Waals surface area contributed by atoms with Gasteiger partial charge in [-0.1, -0.05) is 13.8 Å². The highest BCUT2D eigenvalue weighted by Crippen LogP contribution is 2.30. The third kappa shape index (κ3) is 2.26. The van der Waals surface area contributed by atoms with Crippen LogP contribution in [0.4, 0.5) is 0 Å². The first-order chi connectivity index (χ1) is 8.15. The van der Waals surface area contributed by atoms with Crippen molar-refractivity contribution in [3.8, 4) is 5.75 Å². The second kappa shape index (κ2) is 4.75. The molecule has 17 heavy (non-hydrogen) atoms. The van der Waals surface area contributed by atoms with Gasteiger partial charge in [0.15, 0.2) is 17.2 Å². The molecule has 0 saturated heterocycles. The molecule has 0 aliphatic rings. The van der Waals surface area contributed by atoms with Gasteiger partial charge in [0.25, 0.3) is 0 Å². The minimum Gasteiger partial charge on any atom is -0.493 e. The number of rotatable bonds is 4. The molecule has 0 amide bonds. The van der Waals surface area contributed by atoms with Crippen LogP contribution in [0.15, 0.2) is 16.5 Å². The summed E-state index contributed by atoms with van der Waals surface area (Å²) in [6.45, 7) is 4.91. The van der Waals surface area contributed by atoms with Crippen molar-refractivity contribution < 1.29 is 9.15 Å². The molecule has 1 heterocycles. The summed E-state index contributed by atoms with van der Waals surface area (Å²) in [7, 11) is 3.56. The first-order valence-electron chi connectivity index (χ1n) is 5.77. The molecule has 0 atom stereocenters. The van der Waals surface area contributed by atoms with Gasteiger partial charge in [-0.2, -0.15) is 0 Å². The molecular weight excluding hydrogens is 216 g/mol. The van der Waals surface area contributed by atoms with Crippen molar-refractivity contribution in [2.45, 2.75) is 26.3 Å². The second-order valence-electron chi connectivity index (χ2n) is 4.38. The lowest BCUT2D eigenvalue weighted by Gasteiger charge is -2.04. The number of fused-ring (bicyclic) bond motifs is 1. The fourth-order valence-corrected chi connectivity index (χ4v) is 1.78. The zero-order valence-corrected chi connectivity index (χ0v) is 10.7. The average Bonchev–Trinajstić information content (AvgIpc) is 2.72. The Labute approximate surface area is 101 Å². The summed E-state index contributed by atoms with van der Waals surface area (Å²) in [6, 6.07) is 4.01. The number of benzene rings is 1. The number of methoxy groups -OCH3 is 1. The lowest BCUT2D eigenvalue weighted by Crippen LogP contribution is -2.05. The molecule has 0 radical (unpaired) electrons. The molecule has 0 unspecified atom stereocenters. The predicted molar refractivity (Wildman–Crippen MR) is 67.4 cm³/mol. The summed E-state index contributed by atoms with van der Waals surface area (Å²) in [4.78, 5) is 4.49. The monoisotopic (exact) mass is 234 g/mol. The SMILES string of the molecule is CNCc1cc(OC)c2oc(C(C)C)nc2c1. The Balaban J connectivity index is 2.57. The molecule has 0 fully saturated rings. The summed E-state index contributed by atoms with van der Waals surface area (Å²) in [5, 5.41) is 3.12. The maximum absolute atomic E-state index is 5.73. The molecular formula is C13H18N2O2. The van der Waals surface area contributed by atoms with E-state index in [-0.39, 0.29) is 5.92 Å². The number of hydrogen-bond acceptors (Lipinski definition) is 4. The van der Waals surface area contributed by atoms with Crippen LogP contribution in [0.2, 0.25) is 0 Å². The third-order valence-corrected chi connectivity index (χ3v) is 2.63. The van der Waals surface area contributed by atoms with Crippen LogP contribution in [-0.4, -0.2) is 19.1 Å². The van der Waals surface area contributed by atoms with Gasteiger partial charge in [0.1, 0.15) is 5.52 Å². The van der Waals surface area contributed by atoms with E-state index in [1.54, 1.807) is 7.11 Å². The molecule has 92 valence electrons. The van der Waals surface area contributed by atoms with E-state index in [0.717, 1.165) is 34.8 Å². The van der Waals surface area contributed by atoms with Gasteiger partial charge < -0.3 is 14.5 Å². The lowest BCUT2D eigenvalue weighted by molar-refractivity contribution is 0.404. The fourth-order valence-electron chi connectivity index (χ4n) is 1.78. The van der Waals surface area contributed by atoms with Gasteiger partial charge in [-0.3, -0.25) is 0 Å². The molecule has 4 heteroatoms. The minimum atomic E-state index is 0.278. The van der Waals surface area contributed by atoms with Gasteiger partial charge in [-0.25, -0.2) is 4.98 Å². The van der Waals surface area contributed by atoms with Gasteiger partial charge in [0.2, 0.25) is 0 Å². The van der Waals surface area contributed by atoms with Crippen molar-refractivity contribution in [2.75, 3.05) is 14.2 Å². The summed E-state index contributed by atoms with van der Waals surface area (Å²) in [5.41, 5.74) is 2.73. The van der Waals surface area contributed by atoms with Crippen molar-refractivity contribution in [1.29, 1.82) is 0 Å². The Hall–Kier alpha value is -1.55. The topological polar surface area (TPSA) is 47.3 Å². The van der Waals surface area contributed by atoms with E-state index in [2.05, 4.69) is 24.1 Å². The smallest absolute Gasteiger partial charge is 0.198 e. The van der Waals surface area contributed by atoms with E-state index < -0.39 is 0 Å². The molecule has 1 aromatic heterocycles. The average molecular weight is 234 g/mol. The summed E-state index contributed by atoms with van der Waals surface area (Å²) < 4.78 is 11.1. The van der Waals surface area contributed by atoms with Crippen molar-refractivity contribution in [1.82, 2.24) is 10.3 Å². The third-order valence-electron chi connectivity index (χ3n) is 2.63. The molecule has 0 saturated carbocycles. The molecule has 1 aromatic carbocycles. The summed E-state index contributed by atoms with van der Waals surface area (Å²) in [6.07, 6.45) is 0. The standard InChI is InChI=1S/C13H18N2O2/c1-8(2)13-15-10-5-9(7-14-3)6-11(16-4)12(10)17-13/h5-6,8,14H,7H2,1-4H3. The highest BCUT2D eigenvalue weighted by molar-refractivity contribution is 5.80. The van der Waals surface area contributed by atoms with E-state index >= 15 is 0 Å². The predicted octanol–water partition coefficient (Wildman–Crippen LogP) is 2.68. The van der Waals surface area contributed by atoms with Gasteiger partial charge >= 0.3 is 0 Å². The van der Waals surface area contributed by atoms with Crippen LogP contribution in [0, 0.1) is 0 Å². The number of ether oxygens (including phenoxy) is 1. The molecule has 2 aromatic rings. The highest BCUT2D eigenvalue weighted by atomic mass is 16.5. The Morgan fingerprint density at radius 3 is 2.76 bits per heavy atom. The molecule has 0 spiro atoms. The van der Waals surface area contributed by atoms with Gasteiger partial charge in [-0.05, 0) is 24.7 Å². The molecule has 1 N–H and O–H groups in total. The van der Waals surface area contributed by atoms with E-state index in [0.29, 0.717) is 0 Å². The van der Waals surface area contributed by atoms with Crippen molar-refractivity contribution in [2.24, 2.45) is 0 Å². The maximum atomic E-state index is 5.73. The molecule has 0 aliphatic carbocycles. The van der Waals surface area contributed by atoms with Crippen LogP contribution in [0.25, 0.3) is 11.1 Å². The normalized spacial score (nSPS) is 11.4. The first kappa shape index (κ1) is 11.9. The van der Waals surface area contributed by atoms with Crippen LogP contribution in [0.5, 0.6) is 5.75 Å². The number of nitrogens with zero attached hydrogens (tertiary/aromatic N) is 1. The van der Waals surface area contributed by atoms with Crippen LogP contribution >= 0.6 is 0 Å². The molecule has 0 aliphatic heterocycles. The number of hydrogen-bond donors (Lipinski definition) is 1. The van der Waals surface area contributed by atoms with Gasteiger partial charge in [0, 0.05) is 12.5 Å². The number of oxazole rings is 1. The molecule has 4 nitrogen and oxygen atoms in total. The quantitative estimate of drug-likeness (QED) is 0.883. The number of aromatic nitrogens is 1. The van der Waals surface area contributed by atoms with Crippen molar-refractivity contribution in [3.05, 3.63) is 23.6 Å². The Bertz CT molecular complexity index is 517. The zero-order chi connectivity index (χ0) is 12.4.